The highest BCUT2D eigenvalue weighted by atomic mass is 32.2. The summed E-state index contributed by atoms with van der Waals surface area (Å²) in [6, 6.07) is 0. The van der Waals surface area contributed by atoms with Crippen LogP contribution >= 0.6 is 0 Å². The van der Waals surface area contributed by atoms with Gasteiger partial charge in [0.05, 0.1) is 17.6 Å². The molecule has 25 heavy (non-hydrogen) atoms. The van der Waals surface area contributed by atoms with E-state index in [1.165, 1.54) is 4.31 Å². The molecule has 9 heteroatoms. The first-order valence-corrected chi connectivity index (χ1v) is 9.81. The van der Waals surface area contributed by atoms with E-state index in [1.807, 2.05) is 17.8 Å². The van der Waals surface area contributed by atoms with Crippen LogP contribution in [0.2, 0.25) is 0 Å². The summed E-state index contributed by atoms with van der Waals surface area (Å²) < 4.78 is 29.2. The van der Waals surface area contributed by atoms with Gasteiger partial charge in [-0.3, -0.25) is 14.6 Å². The Hall–Kier alpha value is -1.84. The molecule has 0 bridgehead atoms. The first-order chi connectivity index (χ1) is 11.9. The maximum absolute atomic E-state index is 12.3. The Labute approximate surface area is 148 Å². The van der Waals surface area contributed by atoms with Crippen molar-refractivity contribution in [2.24, 2.45) is 5.92 Å². The third kappa shape index (κ3) is 3.73. The summed E-state index contributed by atoms with van der Waals surface area (Å²) in [7, 11) is -0.218. The highest BCUT2D eigenvalue weighted by Crippen LogP contribution is 2.27. The molecule has 0 N–H and O–H groups in total. The lowest BCUT2D eigenvalue weighted by Crippen LogP contribution is -2.38. The Kier molecular flexibility index (Phi) is 5.16. The van der Waals surface area contributed by atoms with E-state index < -0.39 is 10.2 Å². The molecule has 0 amide bonds. The van der Waals surface area contributed by atoms with Crippen molar-refractivity contribution >= 4 is 10.2 Å². The van der Waals surface area contributed by atoms with Crippen molar-refractivity contribution in [1.29, 1.82) is 0 Å². The van der Waals surface area contributed by atoms with E-state index in [-0.39, 0.29) is 5.92 Å². The lowest BCUT2D eigenvalue weighted by molar-refractivity contribution is 0.409. The van der Waals surface area contributed by atoms with E-state index in [4.69, 9.17) is 0 Å². The van der Waals surface area contributed by atoms with Gasteiger partial charge in [-0.15, -0.1) is 0 Å². The van der Waals surface area contributed by atoms with Gasteiger partial charge < -0.3 is 0 Å². The van der Waals surface area contributed by atoms with Crippen LogP contribution in [0.15, 0.2) is 24.8 Å². The van der Waals surface area contributed by atoms with Gasteiger partial charge in [0.25, 0.3) is 10.2 Å². The molecular formula is C16H24N6O2S. The van der Waals surface area contributed by atoms with Crippen molar-refractivity contribution in [3.63, 3.8) is 0 Å². The fraction of sp³-hybridized carbons (Fsp3) is 0.562. The van der Waals surface area contributed by atoms with Crippen molar-refractivity contribution in [3.8, 4) is 11.3 Å². The van der Waals surface area contributed by atoms with Gasteiger partial charge in [0, 0.05) is 57.9 Å². The molecule has 2 aromatic heterocycles. The van der Waals surface area contributed by atoms with Crippen LogP contribution < -0.4 is 0 Å². The molecule has 0 saturated carbocycles. The second-order valence-electron chi connectivity index (χ2n) is 6.44. The molecule has 0 aliphatic carbocycles. The summed E-state index contributed by atoms with van der Waals surface area (Å²) in [6.45, 7) is 3.90. The third-order valence-electron chi connectivity index (χ3n) is 4.52. The molecule has 0 spiro atoms. The monoisotopic (exact) mass is 364 g/mol. The van der Waals surface area contributed by atoms with Crippen molar-refractivity contribution in [3.05, 3.63) is 30.5 Å². The minimum absolute atomic E-state index is 0.242. The summed E-state index contributed by atoms with van der Waals surface area (Å²) in [6.07, 6.45) is 8.67. The molecule has 8 nitrogen and oxygen atoms in total. The summed E-state index contributed by atoms with van der Waals surface area (Å²) in [5, 5.41) is 4.30. The molecule has 1 atom stereocenters. The van der Waals surface area contributed by atoms with Gasteiger partial charge in [0.2, 0.25) is 0 Å². The number of hydrogen-bond acceptors (Lipinski definition) is 5. The lowest BCUT2D eigenvalue weighted by atomic mass is 10.00. The van der Waals surface area contributed by atoms with Crippen LogP contribution in [0.4, 0.5) is 0 Å². The first kappa shape index (κ1) is 18.0. The highest BCUT2D eigenvalue weighted by Gasteiger charge is 2.33. The topological polar surface area (TPSA) is 84.2 Å². The molecule has 3 rings (SSSR count). The largest absolute Gasteiger partial charge is 0.281 e. The van der Waals surface area contributed by atoms with Crippen molar-refractivity contribution in [2.75, 3.05) is 27.2 Å². The van der Waals surface area contributed by atoms with E-state index >= 15 is 0 Å². The summed E-state index contributed by atoms with van der Waals surface area (Å²) >= 11 is 0. The predicted octanol–water partition coefficient (Wildman–Crippen LogP) is 1.03. The number of aryl methyl sites for hydroxylation is 1. The average Bonchev–Trinajstić information content (AvgIpc) is 3.24. The van der Waals surface area contributed by atoms with Gasteiger partial charge in [-0.25, -0.2) is 0 Å². The minimum Gasteiger partial charge on any atom is -0.272 e. The standard InChI is InChI=1S/C16H24N6O2S/c1-4-21-12-14(10-19-21)16-15(17-6-7-18-16)9-13-5-8-22(11-13)25(23,24)20(2)3/h6-7,10,12-13H,4-5,8-9,11H2,1-3H3/t13-/m0/s1. The number of hydrogen-bond donors (Lipinski definition) is 0. The van der Waals surface area contributed by atoms with Crippen molar-refractivity contribution < 1.29 is 8.42 Å². The van der Waals surface area contributed by atoms with Gasteiger partial charge in [0.15, 0.2) is 0 Å². The zero-order valence-electron chi connectivity index (χ0n) is 14.8. The quantitative estimate of drug-likeness (QED) is 0.764. The smallest absolute Gasteiger partial charge is 0.272 e. The molecule has 1 saturated heterocycles. The fourth-order valence-electron chi connectivity index (χ4n) is 3.09. The average molecular weight is 364 g/mol. The normalized spacial score (nSPS) is 19.0. The zero-order valence-corrected chi connectivity index (χ0v) is 15.6. The van der Waals surface area contributed by atoms with Gasteiger partial charge in [0.1, 0.15) is 0 Å². The lowest BCUT2D eigenvalue weighted by Gasteiger charge is -2.20. The van der Waals surface area contributed by atoms with Crippen LogP contribution in [-0.4, -0.2) is 64.0 Å². The van der Waals surface area contributed by atoms with E-state index in [2.05, 4.69) is 15.1 Å². The zero-order chi connectivity index (χ0) is 18.0. The summed E-state index contributed by atoms with van der Waals surface area (Å²) in [5.74, 6) is 0.242. The molecule has 136 valence electrons. The minimum atomic E-state index is -3.35. The van der Waals surface area contributed by atoms with Crippen LogP contribution in [0, 0.1) is 5.92 Å². The molecule has 3 heterocycles. The molecule has 0 aromatic carbocycles. The van der Waals surface area contributed by atoms with Crippen molar-refractivity contribution in [2.45, 2.75) is 26.3 Å². The van der Waals surface area contributed by atoms with Gasteiger partial charge in [-0.1, -0.05) is 0 Å². The second kappa shape index (κ2) is 7.19. The summed E-state index contributed by atoms with van der Waals surface area (Å²) in [4.78, 5) is 8.98. The van der Waals surface area contributed by atoms with Crippen LogP contribution in [0.25, 0.3) is 11.3 Å². The van der Waals surface area contributed by atoms with Gasteiger partial charge in [-0.05, 0) is 25.7 Å². The second-order valence-corrected chi connectivity index (χ2v) is 8.59. The van der Waals surface area contributed by atoms with E-state index in [1.54, 1.807) is 37.0 Å². The Balaban J connectivity index is 1.76. The molecule has 1 fully saturated rings. The Bertz CT molecular complexity index is 833. The van der Waals surface area contributed by atoms with Crippen LogP contribution in [0.1, 0.15) is 19.0 Å². The fourth-order valence-corrected chi connectivity index (χ4v) is 4.29. The number of aromatic nitrogens is 4. The molecule has 1 aliphatic rings. The molecule has 2 aromatic rings. The molecule has 0 unspecified atom stereocenters. The molecule has 0 radical (unpaired) electrons. The number of nitrogens with zero attached hydrogens (tertiary/aromatic N) is 6. The van der Waals surface area contributed by atoms with Crippen LogP contribution in [0.3, 0.4) is 0 Å². The first-order valence-electron chi connectivity index (χ1n) is 8.42. The maximum Gasteiger partial charge on any atom is 0.281 e. The maximum atomic E-state index is 12.3. The van der Waals surface area contributed by atoms with E-state index in [0.29, 0.717) is 19.5 Å². The highest BCUT2D eigenvalue weighted by molar-refractivity contribution is 7.86. The SMILES string of the molecule is CCn1cc(-c2nccnc2C[C@@H]2CCN(S(=O)(=O)N(C)C)C2)cn1. The third-order valence-corrected chi connectivity index (χ3v) is 6.43. The molecule has 1 aliphatic heterocycles. The van der Waals surface area contributed by atoms with Crippen LogP contribution in [-0.2, 0) is 23.2 Å². The van der Waals surface area contributed by atoms with Crippen molar-refractivity contribution in [1.82, 2.24) is 28.4 Å². The van der Waals surface area contributed by atoms with E-state index in [9.17, 15) is 8.42 Å². The Morgan fingerprint density at radius 1 is 1.28 bits per heavy atom. The van der Waals surface area contributed by atoms with Gasteiger partial charge >= 0.3 is 0 Å². The summed E-state index contributed by atoms with van der Waals surface area (Å²) in [5.41, 5.74) is 2.67. The number of rotatable bonds is 6. The Morgan fingerprint density at radius 2 is 2.04 bits per heavy atom. The van der Waals surface area contributed by atoms with E-state index in [0.717, 1.165) is 29.9 Å². The predicted molar refractivity (Wildman–Crippen MR) is 94.9 cm³/mol. The molecular weight excluding hydrogens is 340 g/mol. The Morgan fingerprint density at radius 3 is 2.72 bits per heavy atom. The van der Waals surface area contributed by atoms with Gasteiger partial charge in [-0.2, -0.15) is 22.1 Å². The van der Waals surface area contributed by atoms with Crippen LogP contribution in [0.5, 0.6) is 0 Å².